The van der Waals surface area contributed by atoms with Gasteiger partial charge in [-0.3, -0.25) is 4.99 Å². The molecule has 0 unspecified atom stereocenters. The van der Waals surface area contributed by atoms with Gasteiger partial charge in [0.15, 0.2) is 0 Å². The van der Waals surface area contributed by atoms with Gasteiger partial charge < -0.3 is 4.57 Å². The minimum absolute atomic E-state index is 1.10. The highest BCUT2D eigenvalue weighted by atomic mass is 15.0. The Hall–Kier alpha value is -2.09. The number of benzene rings is 1. The third-order valence-electron chi connectivity index (χ3n) is 3.50. The predicted molar refractivity (Wildman–Crippen MR) is 69.7 cm³/mol. The summed E-state index contributed by atoms with van der Waals surface area (Å²) in [7, 11) is 0. The fraction of sp³-hybridized carbons (Fsp3) is 0.133. The van der Waals surface area contributed by atoms with Crippen LogP contribution in [0.25, 0.3) is 11.4 Å². The Bertz CT molecular complexity index is 659. The average Bonchev–Trinajstić information content (AvgIpc) is 2.73. The molecule has 0 N–H and O–H groups in total. The summed E-state index contributed by atoms with van der Waals surface area (Å²) in [5.74, 6) is 0. The second kappa shape index (κ2) is 3.20. The number of nitrogens with zero attached hydrogens (tertiary/aromatic N) is 2. The van der Waals surface area contributed by atoms with Gasteiger partial charge in [0, 0.05) is 18.0 Å². The standard InChI is InChI=1S/C15H12N2/c1-2-7-14-12(4-1)10-16-13-6-3-5-11-8-9-17(14)15(11)13/h1-2,4,6-10H,3,5H2. The van der Waals surface area contributed by atoms with E-state index in [1.165, 1.54) is 22.5 Å². The van der Waals surface area contributed by atoms with Gasteiger partial charge in [0.25, 0.3) is 0 Å². The first kappa shape index (κ1) is 8.99. The Morgan fingerprint density at radius 1 is 1.12 bits per heavy atom. The second-order valence-electron chi connectivity index (χ2n) is 4.50. The molecule has 2 aromatic rings. The van der Waals surface area contributed by atoms with Crippen LogP contribution >= 0.6 is 0 Å². The summed E-state index contributed by atoms with van der Waals surface area (Å²) in [4.78, 5) is 4.62. The van der Waals surface area contributed by atoms with E-state index in [0.29, 0.717) is 0 Å². The lowest BCUT2D eigenvalue weighted by molar-refractivity contribution is 0.943. The zero-order valence-corrected chi connectivity index (χ0v) is 9.43. The monoisotopic (exact) mass is 220 g/mol. The first-order valence-electron chi connectivity index (χ1n) is 5.98. The highest BCUT2D eigenvalue weighted by molar-refractivity contribution is 5.91. The van der Waals surface area contributed by atoms with E-state index in [2.05, 4.69) is 52.2 Å². The third-order valence-corrected chi connectivity index (χ3v) is 3.50. The van der Waals surface area contributed by atoms with Crippen molar-refractivity contribution >= 4 is 11.9 Å². The van der Waals surface area contributed by atoms with E-state index in [1.54, 1.807) is 0 Å². The minimum Gasteiger partial charge on any atom is -0.314 e. The number of aryl methyl sites for hydroxylation is 1. The van der Waals surface area contributed by atoms with Gasteiger partial charge in [-0.05, 0) is 30.5 Å². The summed E-state index contributed by atoms with van der Waals surface area (Å²) in [6.07, 6.45) is 8.60. The highest BCUT2D eigenvalue weighted by Crippen LogP contribution is 2.33. The third kappa shape index (κ3) is 1.18. The van der Waals surface area contributed by atoms with Gasteiger partial charge in [0.05, 0.1) is 17.1 Å². The van der Waals surface area contributed by atoms with Crippen molar-refractivity contribution in [3.63, 3.8) is 0 Å². The molecule has 0 radical (unpaired) electrons. The van der Waals surface area contributed by atoms with Crippen molar-refractivity contribution in [2.45, 2.75) is 12.8 Å². The molecule has 0 amide bonds. The van der Waals surface area contributed by atoms with Crippen LogP contribution in [-0.4, -0.2) is 10.8 Å². The lowest BCUT2D eigenvalue weighted by atomic mass is 10.0. The molecule has 2 heteroatoms. The summed E-state index contributed by atoms with van der Waals surface area (Å²) in [5.41, 5.74) is 6.21. The molecule has 17 heavy (non-hydrogen) atoms. The van der Waals surface area contributed by atoms with Crippen LogP contribution in [0.3, 0.4) is 0 Å². The predicted octanol–water partition coefficient (Wildman–Crippen LogP) is 3.20. The molecule has 0 saturated carbocycles. The Morgan fingerprint density at radius 2 is 2.06 bits per heavy atom. The Morgan fingerprint density at radius 3 is 3.06 bits per heavy atom. The molecule has 1 aromatic carbocycles. The fourth-order valence-electron chi connectivity index (χ4n) is 2.69. The molecule has 0 spiro atoms. The number of hydrogen-bond acceptors (Lipinski definition) is 1. The maximum Gasteiger partial charge on any atom is 0.0833 e. The Kier molecular flexibility index (Phi) is 1.69. The number of rotatable bonds is 0. The van der Waals surface area contributed by atoms with Crippen LogP contribution in [0.15, 0.2) is 47.6 Å². The first-order chi connectivity index (χ1) is 8.43. The van der Waals surface area contributed by atoms with E-state index >= 15 is 0 Å². The zero-order valence-electron chi connectivity index (χ0n) is 9.43. The van der Waals surface area contributed by atoms with Crippen molar-refractivity contribution in [2.24, 2.45) is 4.99 Å². The van der Waals surface area contributed by atoms with Crippen LogP contribution in [0.1, 0.15) is 23.2 Å². The fourth-order valence-corrected chi connectivity index (χ4v) is 2.69. The smallest absolute Gasteiger partial charge is 0.0833 e. The quantitative estimate of drug-likeness (QED) is 0.648. The van der Waals surface area contributed by atoms with Gasteiger partial charge in [-0.25, -0.2) is 0 Å². The summed E-state index contributed by atoms with van der Waals surface area (Å²) in [6.45, 7) is 0. The average molecular weight is 220 g/mol. The molecule has 0 bridgehead atoms. The molecule has 2 nitrogen and oxygen atoms in total. The van der Waals surface area contributed by atoms with Crippen molar-refractivity contribution in [3.05, 3.63) is 59.4 Å². The summed E-state index contributed by atoms with van der Waals surface area (Å²) >= 11 is 0. The van der Waals surface area contributed by atoms with Gasteiger partial charge in [-0.2, -0.15) is 0 Å². The minimum atomic E-state index is 1.10. The van der Waals surface area contributed by atoms with Crippen molar-refractivity contribution in [2.75, 3.05) is 0 Å². The lowest BCUT2D eigenvalue weighted by Gasteiger charge is -2.13. The van der Waals surface area contributed by atoms with Gasteiger partial charge in [0.1, 0.15) is 0 Å². The molecule has 82 valence electrons. The molecule has 1 aliphatic heterocycles. The van der Waals surface area contributed by atoms with Crippen LogP contribution in [0.2, 0.25) is 0 Å². The Balaban J connectivity index is 2.11. The molecule has 1 aromatic heterocycles. The van der Waals surface area contributed by atoms with Crippen LogP contribution < -0.4 is 0 Å². The molecule has 2 aliphatic rings. The molecule has 4 rings (SSSR count). The van der Waals surface area contributed by atoms with Crippen molar-refractivity contribution in [1.29, 1.82) is 0 Å². The number of aromatic nitrogens is 1. The summed E-state index contributed by atoms with van der Waals surface area (Å²) in [6, 6.07) is 10.6. The van der Waals surface area contributed by atoms with Gasteiger partial charge >= 0.3 is 0 Å². The zero-order chi connectivity index (χ0) is 11.2. The maximum atomic E-state index is 4.62. The summed E-state index contributed by atoms with van der Waals surface area (Å²) in [5, 5.41) is 0. The van der Waals surface area contributed by atoms with Crippen LogP contribution in [0, 0.1) is 0 Å². The number of allylic oxidation sites excluding steroid dienone is 1. The van der Waals surface area contributed by atoms with Crippen molar-refractivity contribution < 1.29 is 0 Å². The number of para-hydroxylation sites is 1. The number of hydrogen-bond donors (Lipinski definition) is 0. The van der Waals surface area contributed by atoms with E-state index in [0.717, 1.165) is 18.5 Å². The second-order valence-corrected chi connectivity index (χ2v) is 4.50. The maximum absolute atomic E-state index is 4.62. The molecule has 0 saturated heterocycles. The molecule has 0 atom stereocenters. The van der Waals surface area contributed by atoms with Gasteiger partial charge in [-0.15, -0.1) is 0 Å². The van der Waals surface area contributed by atoms with Crippen LogP contribution in [0.5, 0.6) is 0 Å². The van der Waals surface area contributed by atoms with E-state index < -0.39 is 0 Å². The molecular formula is C15H12N2. The first-order valence-corrected chi connectivity index (χ1v) is 5.98. The van der Waals surface area contributed by atoms with Crippen LogP contribution in [0.4, 0.5) is 0 Å². The van der Waals surface area contributed by atoms with E-state index in [-0.39, 0.29) is 0 Å². The number of aliphatic imine (C=N–C) groups is 1. The van der Waals surface area contributed by atoms with E-state index in [4.69, 9.17) is 0 Å². The molecule has 2 heterocycles. The van der Waals surface area contributed by atoms with Gasteiger partial charge in [-0.1, -0.05) is 24.3 Å². The topological polar surface area (TPSA) is 17.3 Å². The van der Waals surface area contributed by atoms with Crippen LogP contribution in [-0.2, 0) is 6.42 Å². The van der Waals surface area contributed by atoms with E-state index in [9.17, 15) is 0 Å². The van der Waals surface area contributed by atoms with E-state index in [1.807, 2.05) is 6.21 Å². The highest BCUT2D eigenvalue weighted by Gasteiger charge is 2.20. The number of fused-ring (bicyclic) bond motifs is 2. The molecular weight excluding hydrogens is 208 g/mol. The SMILES string of the molecule is C1=NC2=CCCc3ccn(c32)-c2ccccc21. The largest absolute Gasteiger partial charge is 0.314 e. The van der Waals surface area contributed by atoms with Crippen molar-refractivity contribution in [1.82, 2.24) is 4.57 Å². The van der Waals surface area contributed by atoms with Crippen molar-refractivity contribution in [3.8, 4) is 5.69 Å². The molecule has 0 fully saturated rings. The van der Waals surface area contributed by atoms with Gasteiger partial charge in [0.2, 0.25) is 0 Å². The summed E-state index contributed by atoms with van der Waals surface area (Å²) < 4.78 is 2.27. The molecule has 1 aliphatic carbocycles. The lowest BCUT2D eigenvalue weighted by Crippen LogP contribution is -2.03. The Labute approximate surface area is 99.9 Å². The normalized spacial score (nSPS) is 15.9.